The summed E-state index contributed by atoms with van der Waals surface area (Å²) >= 11 is 14.4. The zero-order valence-corrected chi connectivity index (χ0v) is 12.9. The van der Waals surface area contributed by atoms with Crippen molar-refractivity contribution in [1.29, 1.82) is 0 Å². The van der Waals surface area contributed by atoms with Crippen molar-refractivity contribution < 1.29 is 22.6 Å². The van der Waals surface area contributed by atoms with Crippen LogP contribution in [0.1, 0.15) is 0 Å². The van der Waals surface area contributed by atoms with Crippen LogP contribution in [0.25, 0.3) is 0 Å². The number of halogens is 6. The Morgan fingerprint density at radius 1 is 1.19 bits per heavy atom. The van der Waals surface area contributed by atoms with Crippen molar-refractivity contribution in [2.75, 3.05) is 0 Å². The molecule has 1 aromatic heterocycles. The van der Waals surface area contributed by atoms with Crippen LogP contribution in [0.15, 0.2) is 28.9 Å². The van der Waals surface area contributed by atoms with E-state index >= 15 is 0 Å². The second-order valence-electron chi connectivity index (χ2n) is 3.53. The maximum Gasteiger partial charge on any atom is 0.573 e. The summed E-state index contributed by atoms with van der Waals surface area (Å²) in [6, 6.07) is 3.62. The van der Waals surface area contributed by atoms with Crippen molar-refractivity contribution in [2.24, 2.45) is 0 Å². The fraction of sp³-hybridized carbons (Fsp3) is 0.0909. The van der Waals surface area contributed by atoms with Gasteiger partial charge in [0, 0.05) is 0 Å². The van der Waals surface area contributed by atoms with E-state index in [1.807, 2.05) is 0 Å². The molecule has 0 saturated heterocycles. The molecule has 21 heavy (non-hydrogen) atoms. The molecule has 2 rings (SSSR count). The summed E-state index contributed by atoms with van der Waals surface area (Å²) < 4.78 is 45.6. The Hall–Kier alpha value is -1.25. The van der Waals surface area contributed by atoms with Crippen molar-refractivity contribution in [1.82, 2.24) is 9.97 Å². The lowest BCUT2D eigenvalue weighted by atomic mass is 10.3. The Kier molecular flexibility index (Phi) is 4.80. The zero-order valence-electron chi connectivity index (χ0n) is 9.79. The van der Waals surface area contributed by atoms with Crippen LogP contribution in [0.2, 0.25) is 10.3 Å². The van der Waals surface area contributed by atoms with E-state index in [9.17, 15) is 13.2 Å². The predicted molar refractivity (Wildman–Crippen MR) is 73.0 cm³/mol. The molecule has 4 nitrogen and oxygen atoms in total. The largest absolute Gasteiger partial charge is 0.573 e. The minimum absolute atomic E-state index is 0.0203. The second kappa shape index (κ2) is 6.25. The highest BCUT2D eigenvalue weighted by Gasteiger charge is 2.32. The normalized spacial score (nSPS) is 11.3. The Bertz CT molecular complexity index is 670. The fourth-order valence-corrected chi connectivity index (χ4v) is 1.96. The van der Waals surface area contributed by atoms with Gasteiger partial charge in [-0.3, -0.25) is 0 Å². The van der Waals surface area contributed by atoms with Crippen LogP contribution >= 0.6 is 39.1 Å². The average Bonchev–Trinajstić information content (AvgIpc) is 2.36. The molecule has 0 aliphatic heterocycles. The average molecular weight is 404 g/mol. The Morgan fingerprint density at radius 3 is 2.52 bits per heavy atom. The Balaban J connectivity index is 2.22. The highest BCUT2D eigenvalue weighted by Crippen LogP contribution is 2.35. The highest BCUT2D eigenvalue weighted by atomic mass is 79.9. The summed E-state index contributed by atoms with van der Waals surface area (Å²) in [6.45, 7) is 0. The number of alkyl halides is 3. The SMILES string of the molecule is FC(F)(F)Oc1ccc(Oc2nc(Cl)ncc2Cl)cc1Br. The van der Waals surface area contributed by atoms with Crippen molar-refractivity contribution in [3.05, 3.63) is 39.2 Å². The molecule has 1 heterocycles. The van der Waals surface area contributed by atoms with Gasteiger partial charge in [0.25, 0.3) is 0 Å². The zero-order chi connectivity index (χ0) is 15.6. The number of ether oxygens (including phenoxy) is 2. The molecule has 0 saturated carbocycles. The van der Waals surface area contributed by atoms with Gasteiger partial charge in [0.1, 0.15) is 16.5 Å². The molecule has 1 aromatic carbocycles. The third-order valence-electron chi connectivity index (χ3n) is 2.03. The van der Waals surface area contributed by atoms with E-state index in [0.29, 0.717) is 0 Å². The van der Waals surface area contributed by atoms with Crippen molar-refractivity contribution >= 4 is 39.1 Å². The van der Waals surface area contributed by atoms with Gasteiger partial charge >= 0.3 is 6.36 Å². The first-order valence-electron chi connectivity index (χ1n) is 5.16. The molecule has 0 aliphatic rings. The third-order valence-corrected chi connectivity index (χ3v) is 3.09. The van der Waals surface area contributed by atoms with E-state index in [1.165, 1.54) is 18.3 Å². The van der Waals surface area contributed by atoms with E-state index in [0.717, 1.165) is 6.07 Å². The molecule has 0 unspecified atom stereocenters. The molecular weight excluding hydrogens is 400 g/mol. The standard InChI is InChI=1S/C11H4BrCl2F3N2O2/c12-6-3-5(1-2-8(6)21-11(15,16)17)20-9-7(13)4-18-10(14)19-9/h1-4H. The lowest BCUT2D eigenvalue weighted by Gasteiger charge is -2.12. The predicted octanol–water partition coefficient (Wildman–Crippen LogP) is 5.24. The van der Waals surface area contributed by atoms with Crippen LogP contribution in [-0.2, 0) is 0 Å². The van der Waals surface area contributed by atoms with Gasteiger partial charge in [0.15, 0.2) is 0 Å². The fourth-order valence-electron chi connectivity index (χ4n) is 1.27. The van der Waals surface area contributed by atoms with E-state index in [-0.39, 0.29) is 26.4 Å². The molecule has 0 bridgehead atoms. The minimum Gasteiger partial charge on any atom is -0.437 e. The van der Waals surface area contributed by atoms with Gasteiger partial charge in [0.05, 0.1) is 10.7 Å². The molecule has 0 atom stereocenters. The topological polar surface area (TPSA) is 44.2 Å². The van der Waals surface area contributed by atoms with Crippen molar-refractivity contribution in [2.45, 2.75) is 6.36 Å². The first-order valence-corrected chi connectivity index (χ1v) is 6.71. The molecule has 0 amide bonds. The molecule has 0 fully saturated rings. The van der Waals surface area contributed by atoms with E-state index in [4.69, 9.17) is 27.9 Å². The number of nitrogens with zero attached hydrogens (tertiary/aromatic N) is 2. The summed E-state index contributed by atoms with van der Waals surface area (Å²) in [4.78, 5) is 7.39. The Labute approximate surface area is 134 Å². The maximum absolute atomic E-state index is 12.1. The second-order valence-corrected chi connectivity index (χ2v) is 5.13. The molecule has 0 aliphatic carbocycles. The van der Waals surface area contributed by atoms with Gasteiger partial charge in [-0.2, -0.15) is 4.98 Å². The number of benzene rings is 1. The molecule has 112 valence electrons. The van der Waals surface area contributed by atoms with E-state index < -0.39 is 12.1 Å². The maximum atomic E-state index is 12.1. The molecule has 10 heteroatoms. The van der Waals surface area contributed by atoms with Crippen LogP contribution in [0, 0.1) is 0 Å². The smallest absolute Gasteiger partial charge is 0.437 e. The summed E-state index contributed by atoms with van der Waals surface area (Å²) in [5.41, 5.74) is 0. The molecule has 0 spiro atoms. The lowest BCUT2D eigenvalue weighted by molar-refractivity contribution is -0.274. The van der Waals surface area contributed by atoms with Gasteiger partial charge < -0.3 is 9.47 Å². The molecule has 2 aromatic rings. The Morgan fingerprint density at radius 2 is 1.90 bits per heavy atom. The van der Waals surface area contributed by atoms with Crippen molar-refractivity contribution in [3.63, 3.8) is 0 Å². The van der Waals surface area contributed by atoms with Crippen molar-refractivity contribution in [3.8, 4) is 17.4 Å². The van der Waals surface area contributed by atoms with Crippen LogP contribution < -0.4 is 9.47 Å². The van der Waals surface area contributed by atoms with Crippen LogP contribution in [-0.4, -0.2) is 16.3 Å². The summed E-state index contributed by atoms with van der Waals surface area (Å²) in [5.74, 6) is -0.234. The molecule has 0 radical (unpaired) electrons. The van der Waals surface area contributed by atoms with Gasteiger partial charge in [0.2, 0.25) is 11.2 Å². The number of aromatic nitrogens is 2. The molecule has 0 N–H and O–H groups in total. The highest BCUT2D eigenvalue weighted by molar-refractivity contribution is 9.10. The first kappa shape index (κ1) is 16.1. The van der Waals surface area contributed by atoms with Gasteiger partial charge in [-0.05, 0) is 45.7 Å². The van der Waals surface area contributed by atoms with Crippen LogP contribution in [0.3, 0.4) is 0 Å². The van der Waals surface area contributed by atoms with Gasteiger partial charge in [-0.1, -0.05) is 11.6 Å². The van der Waals surface area contributed by atoms with E-state index in [1.54, 1.807) is 0 Å². The summed E-state index contributed by atoms with van der Waals surface area (Å²) in [6.07, 6.45) is -3.54. The minimum atomic E-state index is -4.78. The van der Waals surface area contributed by atoms with Gasteiger partial charge in [-0.15, -0.1) is 13.2 Å². The van der Waals surface area contributed by atoms with E-state index in [2.05, 4.69) is 30.6 Å². The quantitative estimate of drug-likeness (QED) is 0.657. The first-order chi connectivity index (χ1) is 9.74. The third kappa shape index (κ3) is 4.62. The summed E-state index contributed by atoms with van der Waals surface area (Å²) in [7, 11) is 0. The lowest BCUT2D eigenvalue weighted by Crippen LogP contribution is -2.17. The van der Waals surface area contributed by atoms with Gasteiger partial charge in [-0.25, -0.2) is 4.98 Å². The summed E-state index contributed by atoms with van der Waals surface area (Å²) in [5, 5.41) is 0.0247. The number of rotatable bonds is 3. The van der Waals surface area contributed by atoms with Crippen LogP contribution in [0.5, 0.6) is 17.4 Å². The number of hydrogen-bond acceptors (Lipinski definition) is 4. The monoisotopic (exact) mass is 402 g/mol. The number of hydrogen-bond donors (Lipinski definition) is 0. The molecular formula is C11H4BrCl2F3N2O2. The van der Waals surface area contributed by atoms with Crippen LogP contribution in [0.4, 0.5) is 13.2 Å².